The van der Waals surface area contributed by atoms with E-state index in [-0.39, 0.29) is 0 Å². The van der Waals surface area contributed by atoms with Crippen LogP contribution in [0.2, 0.25) is 0 Å². The van der Waals surface area contributed by atoms with Gasteiger partial charge in [-0.15, -0.1) is 21.5 Å². The summed E-state index contributed by atoms with van der Waals surface area (Å²) in [6, 6.07) is 0. The molecule has 0 spiro atoms. The van der Waals surface area contributed by atoms with Crippen LogP contribution in [0.4, 0.5) is 0 Å². The highest BCUT2D eigenvalue weighted by Crippen LogP contribution is 2.22. The molecule has 0 bridgehead atoms. The molecule has 2 aromatic rings. The van der Waals surface area contributed by atoms with Crippen molar-refractivity contribution in [2.45, 2.75) is 10.1 Å². The third-order valence-electron chi connectivity index (χ3n) is 1.12. The Hall–Kier alpha value is -0.950. The molecule has 0 aliphatic carbocycles. The number of tetrazole rings is 1. The minimum atomic E-state index is 0.704. The minimum absolute atomic E-state index is 0.704. The van der Waals surface area contributed by atoms with Crippen LogP contribution in [0.25, 0.3) is 0 Å². The zero-order valence-electron chi connectivity index (χ0n) is 5.97. The molecule has 0 aliphatic rings. The van der Waals surface area contributed by atoms with E-state index in [0.717, 1.165) is 4.34 Å². The first-order chi connectivity index (χ1) is 5.95. The van der Waals surface area contributed by atoms with E-state index < -0.39 is 0 Å². The van der Waals surface area contributed by atoms with E-state index >= 15 is 0 Å². The first kappa shape index (κ1) is 7.69. The second-order valence-electron chi connectivity index (χ2n) is 1.91. The highest BCUT2D eigenvalue weighted by atomic mass is 32.2. The van der Waals surface area contributed by atoms with Gasteiger partial charge in [0.1, 0.15) is 4.34 Å². The van der Waals surface area contributed by atoms with Crippen molar-refractivity contribution in [3.05, 3.63) is 17.4 Å². The lowest BCUT2D eigenvalue weighted by Gasteiger charge is -1.88. The van der Waals surface area contributed by atoms with E-state index in [4.69, 9.17) is 0 Å². The van der Waals surface area contributed by atoms with Crippen molar-refractivity contribution in [3.63, 3.8) is 0 Å². The number of aromatic nitrogens is 5. The molecule has 7 heteroatoms. The number of nitrogens with zero attached hydrogens (tertiary/aromatic N) is 4. The topological polar surface area (TPSA) is 67.3 Å². The maximum absolute atomic E-state index is 4.11. The quantitative estimate of drug-likeness (QED) is 0.745. The van der Waals surface area contributed by atoms with Crippen molar-refractivity contribution in [2.24, 2.45) is 0 Å². The van der Waals surface area contributed by atoms with Crippen LogP contribution in [-0.4, -0.2) is 25.6 Å². The van der Waals surface area contributed by atoms with E-state index in [1.54, 1.807) is 29.3 Å². The van der Waals surface area contributed by atoms with Gasteiger partial charge in [-0.3, -0.25) is 0 Å². The lowest BCUT2D eigenvalue weighted by Crippen LogP contribution is -1.82. The summed E-state index contributed by atoms with van der Waals surface area (Å²) in [5, 5.41) is 15.4. The lowest BCUT2D eigenvalue weighted by atomic mass is 10.8. The molecule has 62 valence electrons. The van der Waals surface area contributed by atoms with Gasteiger partial charge in [0.15, 0.2) is 5.82 Å². The molecule has 2 rings (SSSR count). The predicted molar refractivity (Wildman–Crippen MR) is 45.9 cm³/mol. The summed E-state index contributed by atoms with van der Waals surface area (Å²) in [5.74, 6) is 1.42. The van der Waals surface area contributed by atoms with Gasteiger partial charge in [0.05, 0.1) is 5.75 Å². The fourth-order valence-corrected chi connectivity index (χ4v) is 2.14. The second-order valence-corrected chi connectivity index (χ2v) is 4.03. The van der Waals surface area contributed by atoms with Crippen molar-refractivity contribution >= 4 is 23.1 Å². The highest BCUT2D eigenvalue weighted by molar-refractivity contribution is 8.00. The van der Waals surface area contributed by atoms with Crippen LogP contribution in [0.1, 0.15) is 5.82 Å². The van der Waals surface area contributed by atoms with Gasteiger partial charge >= 0.3 is 0 Å². The first-order valence-electron chi connectivity index (χ1n) is 3.20. The van der Waals surface area contributed by atoms with Crippen LogP contribution in [0.3, 0.4) is 0 Å². The largest absolute Gasteiger partial charge is 0.238 e. The Balaban J connectivity index is 1.91. The van der Waals surface area contributed by atoms with Gasteiger partial charge in [-0.05, 0) is 0 Å². The Morgan fingerprint density at radius 1 is 1.58 bits per heavy atom. The van der Waals surface area contributed by atoms with Crippen LogP contribution in [0, 0.1) is 0 Å². The van der Waals surface area contributed by atoms with Crippen LogP contribution >= 0.6 is 23.1 Å². The van der Waals surface area contributed by atoms with Gasteiger partial charge in [-0.1, -0.05) is 17.0 Å². The first-order valence-corrected chi connectivity index (χ1v) is 5.06. The summed E-state index contributed by atoms with van der Waals surface area (Å²) in [6.45, 7) is 0. The fraction of sp³-hybridized carbons (Fsp3) is 0.200. The van der Waals surface area contributed by atoms with Crippen molar-refractivity contribution in [3.8, 4) is 0 Å². The maximum Gasteiger partial charge on any atom is 0.184 e. The Kier molecular flexibility index (Phi) is 2.33. The number of aromatic amines is 1. The standard InChI is InChI=1S/C5H5N5S2/c1-2-11-5(6-1)12-3-4-7-9-10-8-4/h1-2H,3H2,(H,7,8,9,10). The monoisotopic (exact) mass is 199 g/mol. The molecule has 2 aromatic heterocycles. The number of nitrogens with one attached hydrogen (secondary N) is 1. The van der Waals surface area contributed by atoms with E-state index in [9.17, 15) is 0 Å². The van der Waals surface area contributed by atoms with Crippen LogP contribution in [0.15, 0.2) is 15.9 Å². The Bertz CT molecular complexity index is 281. The van der Waals surface area contributed by atoms with Gasteiger partial charge < -0.3 is 0 Å². The zero-order chi connectivity index (χ0) is 8.23. The summed E-state index contributed by atoms with van der Waals surface area (Å²) in [5.41, 5.74) is 0. The van der Waals surface area contributed by atoms with Crippen molar-refractivity contribution in [2.75, 3.05) is 0 Å². The summed E-state index contributed by atoms with van der Waals surface area (Å²) in [4.78, 5) is 4.11. The molecule has 2 heterocycles. The van der Waals surface area contributed by atoms with Crippen LogP contribution in [-0.2, 0) is 5.75 Å². The van der Waals surface area contributed by atoms with E-state index in [2.05, 4.69) is 25.6 Å². The zero-order valence-corrected chi connectivity index (χ0v) is 7.60. The summed E-state index contributed by atoms with van der Waals surface area (Å²) >= 11 is 3.22. The Morgan fingerprint density at radius 3 is 3.25 bits per heavy atom. The van der Waals surface area contributed by atoms with Crippen molar-refractivity contribution < 1.29 is 0 Å². The van der Waals surface area contributed by atoms with Gasteiger partial charge in [0, 0.05) is 11.6 Å². The van der Waals surface area contributed by atoms with Gasteiger partial charge in [-0.2, -0.15) is 5.21 Å². The van der Waals surface area contributed by atoms with Crippen molar-refractivity contribution in [1.29, 1.82) is 0 Å². The summed E-state index contributed by atoms with van der Waals surface area (Å²) in [7, 11) is 0. The summed E-state index contributed by atoms with van der Waals surface area (Å²) in [6.07, 6.45) is 1.78. The van der Waals surface area contributed by atoms with E-state index in [0.29, 0.717) is 11.6 Å². The average Bonchev–Trinajstić information content (AvgIpc) is 2.74. The molecule has 0 aliphatic heterocycles. The Labute approximate surface area is 76.6 Å². The molecule has 0 unspecified atom stereocenters. The highest BCUT2D eigenvalue weighted by Gasteiger charge is 2.00. The number of rotatable bonds is 3. The van der Waals surface area contributed by atoms with E-state index in [1.165, 1.54) is 0 Å². The average molecular weight is 199 g/mol. The van der Waals surface area contributed by atoms with Crippen molar-refractivity contribution in [1.82, 2.24) is 25.6 Å². The second kappa shape index (κ2) is 3.63. The number of hydrogen-bond donors (Lipinski definition) is 1. The number of hydrogen-bond acceptors (Lipinski definition) is 6. The summed E-state index contributed by atoms with van der Waals surface area (Å²) < 4.78 is 1.03. The van der Waals surface area contributed by atoms with Gasteiger partial charge in [0.2, 0.25) is 0 Å². The molecule has 0 amide bonds. The fourth-order valence-electron chi connectivity index (χ4n) is 0.652. The molecule has 5 nitrogen and oxygen atoms in total. The van der Waals surface area contributed by atoms with E-state index in [1.807, 2.05) is 5.38 Å². The lowest BCUT2D eigenvalue weighted by molar-refractivity contribution is 0.881. The smallest absolute Gasteiger partial charge is 0.184 e. The molecule has 0 atom stereocenters. The van der Waals surface area contributed by atoms with Gasteiger partial charge in [-0.25, -0.2) is 4.98 Å². The third kappa shape index (κ3) is 1.80. The molecule has 12 heavy (non-hydrogen) atoms. The molecular weight excluding hydrogens is 194 g/mol. The normalized spacial score (nSPS) is 10.3. The molecule has 0 aromatic carbocycles. The number of H-pyrrole nitrogens is 1. The maximum atomic E-state index is 4.11. The molecule has 0 radical (unpaired) electrons. The van der Waals surface area contributed by atoms with Gasteiger partial charge in [0.25, 0.3) is 0 Å². The Morgan fingerprint density at radius 2 is 2.58 bits per heavy atom. The molecule has 1 N–H and O–H groups in total. The number of thioether (sulfide) groups is 1. The van der Waals surface area contributed by atoms with Crippen LogP contribution in [0.5, 0.6) is 0 Å². The third-order valence-corrected chi connectivity index (χ3v) is 3.09. The molecule has 0 saturated heterocycles. The van der Waals surface area contributed by atoms with Crippen LogP contribution < -0.4 is 0 Å². The minimum Gasteiger partial charge on any atom is -0.238 e. The SMILES string of the molecule is c1csc(SCc2nn[nH]n2)n1. The predicted octanol–water partition coefficient (Wildman–Crippen LogP) is 0.948. The molecule has 0 fully saturated rings. The number of thiazole rings is 1. The molecular formula is C5H5N5S2. The molecule has 0 saturated carbocycles.